The molecule has 0 bridgehead atoms. The average Bonchev–Trinajstić information content (AvgIpc) is 3.36. The summed E-state index contributed by atoms with van der Waals surface area (Å²) in [6, 6.07) is 9.52. The Bertz CT molecular complexity index is 1080. The number of ether oxygens (including phenoxy) is 1. The first kappa shape index (κ1) is 17.3. The first-order valence-corrected chi connectivity index (χ1v) is 9.36. The van der Waals surface area contributed by atoms with Crippen molar-refractivity contribution in [1.82, 2.24) is 20.1 Å². The van der Waals surface area contributed by atoms with Crippen molar-refractivity contribution in [2.75, 3.05) is 0 Å². The summed E-state index contributed by atoms with van der Waals surface area (Å²) < 4.78 is 10.5. The lowest BCUT2D eigenvalue weighted by atomic mass is 10.2. The van der Waals surface area contributed by atoms with Crippen molar-refractivity contribution >= 4 is 28.3 Å². The van der Waals surface area contributed by atoms with Gasteiger partial charge in [0.05, 0.1) is 28.8 Å². The largest absolute Gasteiger partial charge is 0.459 e. The molecule has 1 aromatic carbocycles. The molecule has 0 unspecified atom stereocenters. The van der Waals surface area contributed by atoms with E-state index in [9.17, 15) is 4.79 Å². The van der Waals surface area contributed by atoms with Gasteiger partial charge in [0.2, 0.25) is 11.7 Å². The molecule has 3 aromatic heterocycles. The van der Waals surface area contributed by atoms with Gasteiger partial charge in [0.15, 0.2) is 0 Å². The third-order valence-corrected chi connectivity index (χ3v) is 4.69. The van der Waals surface area contributed by atoms with Crippen LogP contribution >= 0.6 is 11.3 Å². The second-order valence-electron chi connectivity index (χ2n) is 5.93. The molecular weight excluding hydrogens is 364 g/mol. The van der Waals surface area contributed by atoms with Gasteiger partial charge >= 0.3 is 5.97 Å². The lowest BCUT2D eigenvalue weighted by Crippen LogP contribution is -2.08. The summed E-state index contributed by atoms with van der Waals surface area (Å²) in [4.78, 5) is 25.3. The fourth-order valence-corrected chi connectivity index (χ4v) is 3.19. The molecule has 136 valence electrons. The van der Waals surface area contributed by atoms with Crippen LogP contribution in [0.25, 0.3) is 22.4 Å². The summed E-state index contributed by atoms with van der Waals surface area (Å²) in [5, 5.41) is 7.81. The van der Waals surface area contributed by atoms with Crippen molar-refractivity contribution in [1.29, 1.82) is 0 Å². The number of nitrogens with zero attached hydrogens (tertiary/aromatic N) is 4. The van der Waals surface area contributed by atoms with Crippen molar-refractivity contribution in [3.05, 3.63) is 58.4 Å². The summed E-state index contributed by atoms with van der Waals surface area (Å²) in [6.45, 7) is 1.94. The topological polar surface area (TPSA) is 91.0 Å². The molecule has 0 aliphatic rings. The van der Waals surface area contributed by atoms with Crippen molar-refractivity contribution < 1.29 is 14.1 Å². The first-order valence-electron chi connectivity index (χ1n) is 8.42. The maximum atomic E-state index is 12.0. The van der Waals surface area contributed by atoms with Crippen LogP contribution in [0.2, 0.25) is 0 Å². The summed E-state index contributed by atoms with van der Waals surface area (Å²) in [6.07, 6.45) is 0.490. The van der Waals surface area contributed by atoms with Crippen LogP contribution in [-0.4, -0.2) is 26.1 Å². The average molecular weight is 380 g/mol. The number of aromatic nitrogens is 4. The number of esters is 1. The first-order chi connectivity index (χ1) is 13.2. The monoisotopic (exact) mass is 380 g/mol. The summed E-state index contributed by atoms with van der Waals surface area (Å²) in [5.41, 5.74) is 3.91. The Balaban J connectivity index is 1.33. The maximum absolute atomic E-state index is 12.0. The Morgan fingerprint density at radius 3 is 2.74 bits per heavy atom. The van der Waals surface area contributed by atoms with Gasteiger partial charge in [-0.1, -0.05) is 17.3 Å². The minimum atomic E-state index is -0.348. The van der Waals surface area contributed by atoms with Gasteiger partial charge in [0.1, 0.15) is 6.61 Å². The van der Waals surface area contributed by atoms with Gasteiger partial charge in [-0.25, -0.2) is 9.97 Å². The number of para-hydroxylation sites is 2. The Morgan fingerprint density at radius 2 is 1.96 bits per heavy atom. The second kappa shape index (κ2) is 7.63. The van der Waals surface area contributed by atoms with Crippen LogP contribution in [0.15, 0.2) is 45.6 Å². The highest BCUT2D eigenvalue weighted by atomic mass is 32.1. The molecule has 8 heteroatoms. The molecule has 0 radical (unpaired) electrons. The zero-order chi connectivity index (χ0) is 18.6. The van der Waals surface area contributed by atoms with Gasteiger partial charge in [0.25, 0.3) is 0 Å². The maximum Gasteiger partial charge on any atom is 0.306 e. The lowest BCUT2D eigenvalue weighted by Gasteiger charge is -2.07. The fraction of sp³-hybridized carbons (Fsp3) is 0.211. The molecule has 0 saturated carbocycles. The van der Waals surface area contributed by atoms with E-state index >= 15 is 0 Å². The van der Waals surface area contributed by atoms with Crippen LogP contribution in [-0.2, 0) is 22.6 Å². The van der Waals surface area contributed by atoms with Crippen LogP contribution in [0.5, 0.6) is 0 Å². The standard InChI is InChI=1S/C19H16N4O3S/c1-12-16(21-15-5-3-2-4-14(15)20-12)10-25-18(24)7-6-17-22-19(23-26-17)13-8-9-27-11-13/h2-5,8-9,11H,6-7,10H2,1H3. The normalized spacial score (nSPS) is 11.0. The van der Waals surface area contributed by atoms with E-state index in [-0.39, 0.29) is 19.0 Å². The number of carbonyl (C=O) groups excluding carboxylic acids is 1. The van der Waals surface area contributed by atoms with E-state index in [4.69, 9.17) is 9.26 Å². The SMILES string of the molecule is Cc1nc2ccccc2nc1COC(=O)CCc1nc(-c2ccsc2)no1. The number of fused-ring (bicyclic) bond motifs is 1. The van der Waals surface area contributed by atoms with Gasteiger partial charge in [0, 0.05) is 17.4 Å². The van der Waals surface area contributed by atoms with Gasteiger partial charge < -0.3 is 9.26 Å². The quantitative estimate of drug-likeness (QED) is 0.471. The van der Waals surface area contributed by atoms with E-state index in [1.165, 1.54) is 0 Å². The summed E-state index contributed by atoms with van der Waals surface area (Å²) in [7, 11) is 0. The van der Waals surface area contributed by atoms with Gasteiger partial charge in [-0.05, 0) is 30.5 Å². The van der Waals surface area contributed by atoms with Crippen LogP contribution < -0.4 is 0 Å². The predicted molar refractivity (Wildman–Crippen MR) is 100 cm³/mol. The fourth-order valence-electron chi connectivity index (χ4n) is 2.56. The Labute approximate surface area is 159 Å². The third-order valence-electron chi connectivity index (χ3n) is 4.00. The summed E-state index contributed by atoms with van der Waals surface area (Å²) >= 11 is 1.56. The summed E-state index contributed by atoms with van der Waals surface area (Å²) in [5.74, 6) is 0.594. The van der Waals surface area contributed by atoms with E-state index < -0.39 is 0 Å². The van der Waals surface area contributed by atoms with Crippen LogP contribution in [0.4, 0.5) is 0 Å². The zero-order valence-electron chi connectivity index (χ0n) is 14.6. The van der Waals surface area contributed by atoms with E-state index in [0.717, 1.165) is 22.3 Å². The highest BCUT2D eigenvalue weighted by Gasteiger charge is 2.13. The second-order valence-corrected chi connectivity index (χ2v) is 6.71. The zero-order valence-corrected chi connectivity index (χ0v) is 15.4. The number of hydrogen-bond acceptors (Lipinski definition) is 8. The predicted octanol–water partition coefficient (Wildman–Crippen LogP) is 3.73. The van der Waals surface area contributed by atoms with Crippen molar-refractivity contribution in [2.45, 2.75) is 26.4 Å². The van der Waals surface area contributed by atoms with E-state index in [0.29, 0.717) is 23.8 Å². The number of rotatable bonds is 6. The molecule has 0 saturated heterocycles. The molecule has 27 heavy (non-hydrogen) atoms. The van der Waals surface area contributed by atoms with Gasteiger partial charge in [-0.15, -0.1) is 0 Å². The highest BCUT2D eigenvalue weighted by Crippen LogP contribution is 2.19. The minimum absolute atomic E-state index is 0.0898. The highest BCUT2D eigenvalue weighted by molar-refractivity contribution is 7.08. The molecule has 0 aliphatic heterocycles. The van der Waals surface area contributed by atoms with Crippen LogP contribution in [0.1, 0.15) is 23.7 Å². The number of carbonyl (C=O) groups is 1. The number of benzene rings is 1. The molecule has 3 heterocycles. The number of aryl methyl sites for hydroxylation is 2. The molecule has 0 fully saturated rings. The molecule has 0 amide bonds. The van der Waals surface area contributed by atoms with Crippen molar-refractivity contribution in [2.24, 2.45) is 0 Å². The molecule has 0 aliphatic carbocycles. The molecule has 0 spiro atoms. The molecular formula is C19H16N4O3S. The van der Waals surface area contributed by atoms with Gasteiger partial charge in [-0.3, -0.25) is 4.79 Å². The Morgan fingerprint density at radius 1 is 1.15 bits per heavy atom. The Kier molecular flexibility index (Phi) is 4.88. The molecule has 0 N–H and O–H groups in total. The van der Waals surface area contributed by atoms with Gasteiger partial charge in [-0.2, -0.15) is 16.3 Å². The lowest BCUT2D eigenvalue weighted by molar-refractivity contribution is -0.145. The molecule has 4 rings (SSSR count). The van der Waals surface area contributed by atoms with Crippen molar-refractivity contribution in [3.8, 4) is 11.4 Å². The Hall–Kier alpha value is -3.13. The number of thiophene rings is 1. The molecule has 4 aromatic rings. The van der Waals surface area contributed by atoms with E-state index in [2.05, 4.69) is 20.1 Å². The minimum Gasteiger partial charge on any atom is -0.459 e. The molecule has 7 nitrogen and oxygen atoms in total. The smallest absolute Gasteiger partial charge is 0.306 e. The van der Waals surface area contributed by atoms with Crippen LogP contribution in [0.3, 0.4) is 0 Å². The molecule has 0 atom stereocenters. The van der Waals surface area contributed by atoms with E-state index in [1.807, 2.05) is 48.0 Å². The number of hydrogen-bond donors (Lipinski definition) is 0. The van der Waals surface area contributed by atoms with E-state index in [1.54, 1.807) is 11.3 Å². The van der Waals surface area contributed by atoms with Crippen LogP contribution in [0, 0.1) is 6.92 Å². The third kappa shape index (κ3) is 4.01. The van der Waals surface area contributed by atoms with Crippen molar-refractivity contribution in [3.63, 3.8) is 0 Å².